The Labute approximate surface area is 130 Å². The van der Waals surface area contributed by atoms with E-state index < -0.39 is 5.97 Å². The van der Waals surface area contributed by atoms with Crippen LogP contribution in [0.1, 0.15) is 38.5 Å². The van der Waals surface area contributed by atoms with E-state index in [4.69, 9.17) is 9.84 Å². The molecule has 1 N–H and O–H groups in total. The van der Waals surface area contributed by atoms with Crippen molar-refractivity contribution in [2.45, 2.75) is 38.5 Å². The minimum absolute atomic E-state index is 0.210. The first-order valence-corrected chi connectivity index (χ1v) is 9.47. The predicted octanol–water partition coefficient (Wildman–Crippen LogP) is 3.09. The summed E-state index contributed by atoms with van der Waals surface area (Å²) in [5, 5.41) is 8.46. The van der Waals surface area contributed by atoms with Crippen LogP contribution in [0.3, 0.4) is 0 Å². The van der Waals surface area contributed by atoms with Crippen molar-refractivity contribution in [1.82, 2.24) is 0 Å². The highest BCUT2D eigenvalue weighted by Crippen LogP contribution is 2.07. The number of carbonyl (C=O) groups excluding carboxylic acids is 1. The van der Waals surface area contributed by atoms with Crippen LogP contribution in [0.2, 0.25) is 0 Å². The molecular formula is C14H26O4S2. The number of hydrogen-bond donors (Lipinski definition) is 1. The number of carboxylic acids is 1. The number of unbranched alkanes of at least 4 members (excludes halogenated alkanes) is 4. The quantitative estimate of drug-likeness (QED) is 0.348. The van der Waals surface area contributed by atoms with Gasteiger partial charge in [-0.25, -0.2) is 0 Å². The molecule has 0 radical (unpaired) electrons. The molecule has 0 aromatic carbocycles. The summed E-state index contributed by atoms with van der Waals surface area (Å²) in [5.74, 6) is 2.07. The maximum absolute atomic E-state index is 10.3. The van der Waals surface area contributed by atoms with Gasteiger partial charge in [-0.15, -0.1) is 0 Å². The van der Waals surface area contributed by atoms with Crippen LogP contribution in [0.15, 0.2) is 0 Å². The Kier molecular flexibility index (Phi) is 16.7. The Balaban J connectivity index is 2.95. The van der Waals surface area contributed by atoms with E-state index in [-0.39, 0.29) is 5.75 Å². The smallest absolute Gasteiger partial charge is 0.313 e. The van der Waals surface area contributed by atoms with Crippen LogP contribution < -0.4 is 0 Å². The molecule has 0 aromatic rings. The van der Waals surface area contributed by atoms with Crippen molar-refractivity contribution in [3.8, 4) is 0 Å². The molecule has 0 fully saturated rings. The van der Waals surface area contributed by atoms with Crippen molar-refractivity contribution in [2.75, 3.05) is 36.2 Å². The fourth-order valence-corrected chi connectivity index (χ4v) is 2.96. The zero-order valence-corrected chi connectivity index (χ0v) is 13.7. The van der Waals surface area contributed by atoms with Crippen LogP contribution in [0.4, 0.5) is 0 Å². The van der Waals surface area contributed by atoms with Gasteiger partial charge in [-0.1, -0.05) is 12.8 Å². The Hall–Kier alpha value is -0.200. The van der Waals surface area contributed by atoms with E-state index in [0.717, 1.165) is 69.5 Å². The Morgan fingerprint density at radius 3 is 2.10 bits per heavy atom. The predicted molar refractivity (Wildman–Crippen MR) is 86.9 cm³/mol. The van der Waals surface area contributed by atoms with Crippen molar-refractivity contribution >= 4 is 35.8 Å². The second kappa shape index (κ2) is 16.9. The number of carbonyl (C=O) groups is 2. The van der Waals surface area contributed by atoms with E-state index in [1.807, 2.05) is 0 Å². The molecule has 118 valence electrons. The van der Waals surface area contributed by atoms with Gasteiger partial charge in [0.15, 0.2) is 0 Å². The Morgan fingerprint density at radius 2 is 1.55 bits per heavy atom. The summed E-state index contributed by atoms with van der Waals surface area (Å²) in [7, 11) is 0. The van der Waals surface area contributed by atoms with E-state index in [1.165, 1.54) is 11.8 Å². The van der Waals surface area contributed by atoms with Crippen LogP contribution in [0, 0.1) is 0 Å². The van der Waals surface area contributed by atoms with Crippen LogP contribution in [0.5, 0.6) is 0 Å². The molecule has 0 aliphatic heterocycles. The maximum Gasteiger partial charge on any atom is 0.313 e. The van der Waals surface area contributed by atoms with Gasteiger partial charge in [0.1, 0.15) is 6.29 Å². The SMILES string of the molecule is O=CCSCCCCCOCCCCCSCC(=O)O. The number of carboxylic acid groups (broad SMARTS) is 1. The fourth-order valence-electron chi connectivity index (χ4n) is 1.56. The van der Waals surface area contributed by atoms with Crippen LogP contribution >= 0.6 is 23.5 Å². The van der Waals surface area contributed by atoms with Gasteiger partial charge in [-0.05, 0) is 37.2 Å². The molecule has 6 heteroatoms. The first kappa shape index (κ1) is 19.8. The fraction of sp³-hybridized carbons (Fsp3) is 0.857. The molecule has 0 unspecified atom stereocenters. The lowest BCUT2D eigenvalue weighted by atomic mass is 10.2. The molecule has 0 rings (SSSR count). The average Bonchev–Trinajstić information content (AvgIpc) is 2.43. The first-order valence-electron chi connectivity index (χ1n) is 7.16. The van der Waals surface area contributed by atoms with Crippen LogP contribution in [0.25, 0.3) is 0 Å². The third kappa shape index (κ3) is 17.8. The third-order valence-electron chi connectivity index (χ3n) is 2.57. The third-order valence-corrected chi connectivity index (χ3v) is 4.54. The number of hydrogen-bond acceptors (Lipinski definition) is 5. The summed E-state index contributed by atoms with van der Waals surface area (Å²) < 4.78 is 5.54. The van der Waals surface area contributed by atoms with Crippen molar-refractivity contribution in [3.05, 3.63) is 0 Å². The maximum atomic E-state index is 10.3. The summed E-state index contributed by atoms with van der Waals surface area (Å²) in [4.78, 5) is 20.4. The van der Waals surface area contributed by atoms with E-state index in [1.54, 1.807) is 11.8 Å². The van der Waals surface area contributed by atoms with Gasteiger partial charge in [-0.3, -0.25) is 4.79 Å². The number of rotatable bonds is 16. The van der Waals surface area contributed by atoms with Crippen molar-refractivity contribution in [2.24, 2.45) is 0 Å². The van der Waals surface area contributed by atoms with Crippen molar-refractivity contribution in [3.63, 3.8) is 0 Å². The zero-order chi connectivity index (χ0) is 14.9. The standard InChI is InChI=1S/C14H26O4S2/c15-7-12-19-10-5-1-3-8-18-9-4-2-6-11-20-13-14(16)17/h7H,1-6,8-13H2,(H,16,17). The highest BCUT2D eigenvalue weighted by molar-refractivity contribution is 8.00. The normalized spacial score (nSPS) is 10.6. The lowest BCUT2D eigenvalue weighted by Gasteiger charge is -2.04. The topological polar surface area (TPSA) is 63.6 Å². The molecule has 0 amide bonds. The Bertz CT molecular complexity index is 237. The van der Waals surface area contributed by atoms with E-state index in [2.05, 4.69) is 0 Å². The number of thioether (sulfide) groups is 2. The van der Waals surface area contributed by atoms with E-state index in [9.17, 15) is 9.59 Å². The molecule has 0 aliphatic carbocycles. The number of ether oxygens (including phenoxy) is 1. The highest BCUT2D eigenvalue weighted by Gasteiger charge is 1.97. The minimum atomic E-state index is -0.733. The summed E-state index contributed by atoms with van der Waals surface area (Å²) >= 11 is 3.17. The lowest BCUT2D eigenvalue weighted by Crippen LogP contribution is -2.00. The number of aldehydes is 1. The average molecular weight is 322 g/mol. The molecule has 0 saturated carbocycles. The summed E-state index contributed by atoms with van der Waals surface area (Å²) in [6.45, 7) is 1.63. The summed E-state index contributed by atoms with van der Waals surface area (Å²) in [6, 6.07) is 0. The second-order valence-corrected chi connectivity index (χ2v) is 6.68. The molecule has 0 atom stereocenters. The zero-order valence-electron chi connectivity index (χ0n) is 12.1. The van der Waals surface area contributed by atoms with Gasteiger partial charge in [0.25, 0.3) is 0 Å². The molecular weight excluding hydrogens is 296 g/mol. The second-order valence-electron chi connectivity index (χ2n) is 4.42. The van der Waals surface area contributed by atoms with Crippen molar-refractivity contribution in [1.29, 1.82) is 0 Å². The molecule has 0 bridgehead atoms. The molecule has 0 aliphatic rings. The van der Waals surface area contributed by atoms with E-state index in [0.29, 0.717) is 5.75 Å². The number of aliphatic carboxylic acids is 1. The van der Waals surface area contributed by atoms with Gasteiger partial charge >= 0.3 is 5.97 Å². The van der Waals surface area contributed by atoms with Gasteiger partial charge in [-0.2, -0.15) is 23.5 Å². The molecule has 20 heavy (non-hydrogen) atoms. The summed E-state index contributed by atoms with van der Waals surface area (Å²) in [5.41, 5.74) is 0. The Morgan fingerprint density at radius 1 is 0.950 bits per heavy atom. The largest absolute Gasteiger partial charge is 0.481 e. The van der Waals surface area contributed by atoms with Gasteiger partial charge < -0.3 is 14.6 Å². The molecule has 0 heterocycles. The molecule has 0 aromatic heterocycles. The van der Waals surface area contributed by atoms with Crippen LogP contribution in [-0.2, 0) is 14.3 Å². The molecule has 0 spiro atoms. The van der Waals surface area contributed by atoms with Crippen LogP contribution in [-0.4, -0.2) is 53.6 Å². The van der Waals surface area contributed by atoms with Gasteiger partial charge in [0.05, 0.1) is 5.75 Å². The van der Waals surface area contributed by atoms with Gasteiger partial charge in [0.2, 0.25) is 0 Å². The van der Waals surface area contributed by atoms with E-state index >= 15 is 0 Å². The molecule has 4 nitrogen and oxygen atoms in total. The van der Waals surface area contributed by atoms with Crippen molar-refractivity contribution < 1.29 is 19.4 Å². The monoisotopic (exact) mass is 322 g/mol. The highest BCUT2D eigenvalue weighted by atomic mass is 32.2. The minimum Gasteiger partial charge on any atom is -0.481 e. The molecule has 0 saturated heterocycles. The summed E-state index contributed by atoms with van der Waals surface area (Å²) in [6.07, 6.45) is 7.59. The lowest BCUT2D eigenvalue weighted by molar-refractivity contribution is -0.133. The van der Waals surface area contributed by atoms with Gasteiger partial charge in [0, 0.05) is 19.0 Å². The first-order chi connectivity index (χ1) is 9.77.